The number of rotatable bonds is 10. The summed E-state index contributed by atoms with van der Waals surface area (Å²) in [5.41, 5.74) is 1.07. The first-order valence-electron chi connectivity index (χ1n) is 6.99. The minimum absolute atomic E-state index is 0.277. The van der Waals surface area contributed by atoms with Crippen molar-refractivity contribution in [3.8, 4) is 0 Å². The number of unbranched alkanes of at least 4 members (excludes halogenated alkanes) is 3. The number of anilines is 1. The van der Waals surface area contributed by atoms with Crippen LogP contribution in [0.2, 0.25) is 0 Å². The maximum atomic E-state index is 10.3. The molecule has 1 rings (SSSR count). The zero-order valence-electron chi connectivity index (χ0n) is 11.6. The molecule has 0 fully saturated rings. The van der Waals surface area contributed by atoms with Crippen molar-refractivity contribution in [1.82, 2.24) is 9.97 Å². The van der Waals surface area contributed by atoms with Crippen LogP contribution < -0.4 is 5.32 Å². The van der Waals surface area contributed by atoms with Gasteiger partial charge < -0.3 is 10.4 Å². The summed E-state index contributed by atoms with van der Waals surface area (Å²) in [6.45, 7) is 3.00. The minimum atomic E-state index is -0.706. The lowest BCUT2D eigenvalue weighted by Gasteiger charge is -2.06. The summed E-state index contributed by atoms with van der Waals surface area (Å²) in [7, 11) is 0. The van der Waals surface area contributed by atoms with E-state index >= 15 is 0 Å². The molecule has 5 nitrogen and oxygen atoms in total. The molecule has 0 spiro atoms. The highest BCUT2D eigenvalue weighted by molar-refractivity contribution is 5.66. The summed E-state index contributed by atoms with van der Waals surface area (Å²) in [5.74, 6) is 0.173. The van der Waals surface area contributed by atoms with Crippen molar-refractivity contribution >= 4 is 11.8 Å². The van der Waals surface area contributed by atoms with E-state index < -0.39 is 5.97 Å². The molecule has 0 saturated carbocycles. The second kappa shape index (κ2) is 9.30. The molecule has 0 aromatic carbocycles. The zero-order valence-corrected chi connectivity index (χ0v) is 11.6. The van der Waals surface area contributed by atoms with Crippen molar-refractivity contribution < 1.29 is 9.90 Å². The normalized spacial score (nSPS) is 10.4. The lowest BCUT2D eigenvalue weighted by Crippen LogP contribution is -2.04. The van der Waals surface area contributed by atoms with Gasteiger partial charge in [-0.1, -0.05) is 26.2 Å². The third-order valence-corrected chi connectivity index (χ3v) is 2.85. The van der Waals surface area contributed by atoms with Gasteiger partial charge in [-0.15, -0.1) is 0 Å². The number of nitrogens with one attached hydrogen (secondary N) is 1. The van der Waals surface area contributed by atoms with Crippen LogP contribution in [0.25, 0.3) is 0 Å². The van der Waals surface area contributed by atoms with Crippen molar-refractivity contribution in [3.63, 3.8) is 0 Å². The highest BCUT2D eigenvalue weighted by Crippen LogP contribution is 2.07. The summed E-state index contributed by atoms with van der Waals surface area (Å²) in [6.07, 6.45) is 7.76. The Morgan fingerprint density at radius 3 is 2.79 bits per heavy atom. The quantitative estimate of drug-likeness (QED) is 0.636. The van der Waals surface area contributed by atoms with Gasteiger partial charge in [0.25, 0.3) is 0 Å². The molecule has 1 aromatic heterocycles. The Morgan fingerprint density at radius 2 is 2.05 bits per heavy atom. The first-order chi connectivity index (χ1) is 9.22. The van der Waals surface area contributed by atoms with Crippen molar-refractivity contribution in [3.05, 3.63) is 18.1 Å². The van der Waals surface area contributed by atoms with Gasteiger partial charge in [0.05, 0.1) is 0 Å². The number of aromatic nitrogens is 2. The van der Waals surface area contributed by atoms with Crippen LogP contribution in [-0.2, 0) is 11.2 Å². The van der Waals surface area contributed by atoms with Crippen molar-refractivity contribution in [1.29, 1.82) is 0 Å². The van der Waals surface area contributed by atoms with Crippen LogP contribution in [0.4, 0.5) is 5.82 Å². The predicted molar refractivity (Wildman–Crippen MR) is 75.2 cm³/mol. The zero-order chi connectivity index (χ0) is 13.9. The van der Waals surface area contributed by atoms with Gasteiger partial charge in [0.2, 0.25) is 0 Å². The summed E-state index contributed by atoms with van der Waals surface area (Å²) >= 11 is 0. The molecule has 0 radical (unpaired) electrons. The van der Waals surface area contributed by atoms with E-state index in [1.807, 2.05) is 6.07 Å². The molecule has 0 amide bonds. The monoisotopic (exact) mass is 265 g/mol. The number of hydrogen-bond donors (Lipinski definition) is 2. The molecule has 2 N–H and O–H groups in total. The number of carboxylic acids is 1. The molecule has 5 heteroatoms. The Morgan fingerprint density at radius 1 is 1.26 bits per heavy atom. The third-order valence-electron chi connectivity index (χ3n) is 2.85. The Kier molecular flexibility index (Phi) is 7.54. The number of nitrogens with zero attached hydrogens (tertiary/aromatic N) is 2. The highest BCUT2D eigenvalue weighted by atomic mass is 16.4. The molecule has 0 aliphatic heterocycles. The molecule has 0 saturated heterocycles. The number of carbonyl (C=O) groups is 1. The summed E-state index contributed by atoms with van der Waals surface area (Å²) < 4.78 is 0. The molecule has 1 aromatic rings. The van der Waals surface area contributed by atoms with Crippen LogP contribution in [0.1, 0.15) is 51.1 Å². The van der Waals surface area contributed by atoms with Gasteiger partial charge in [-0.25, -0.2) is 9.97 Å². The summed E-state index contributed by atoms with van der Waals surface area (Å²) in [6, 6.07) is 1.99. The van der Waals surface area contributed by atoms with Crippen molar-refractivity contribution in [2.24, 2.45) is 0 Å². The SMILES string of the molecule is CCCc1cc(NCCCCCCC(=O)O)ncn1. The Balaban J connectivity index is 2.12. The van der Waals surface area contributed by atoms with Gasteiger partial charge in [-0.3, -0.25) is 4.79 Å². The molecule has 0 unspecified atom stereocenters. The van der Waals surface area contributed by atoms with E-state index in [0.717, 1.165) is 56.6 Å². The van der Waals surface area contributed by atoms with E-state index in [0.29, 0.717) is 0 Å². The topological polar surface area (TPSA) is 75.1 Å². The molecular formula is C14H23N3O2. The average molecular weight is 265 g/mol. The number of hydrogen-bond acceptors (Lipinski definition) is 4. The molecule has 0 aliphatic rings. The molecule has 0 bridgehead atoms. The first-order valence-corrected chi connectivity index (χ1v) is 6.99. The Bertz CT molecular complexity index is 383. The fourth-order valence-corrected chi connectivity index (χ4v) is 1.86. The van der Waals surface area contributed by atoms with E-state index in [2.05, 4.69) is 22.2 Å². The highest BCUT2D eigenvalue weighted by Gasteiger charge is 1.99. The van der Waals surface area contributed by atoms with E-state index in [1.54, 1.807) is 6.33 Å². The Labute approximate surface area is 114 Å². The summed E-state index contributed by atoms with van der Waals surface area (Å²) in [4.78, 5) is 18.7. The minimum Gasteiger partial charge on any atom is -0.481 e. The van der Waals surface area contributed by atoms with Crippen LogP contribution >= 0.6 is 0 Å². The van der Waals surface area contributed by atoms with Gasteiger partial charge in [0.1, 0.15) is 12.1 Å². The number of aliphatic carboxylic acids is 1. The largest absolute Gasteiger partial charge is 0.481 e. The number of carboxylic acid groups (broad SMARTS) is 1. The second-order valence-electron chi connectivity index (χ2n) is 4.63. The van der Waals surface area contributed by atoms with Gasteiger partial charge in [-0.2, -0.15) is 0 Å². The summed E-state index contributed by atoms with van der Waals surface area (Å²) in [5, 5.41) is 11.8. The fraction of sp³-hybridized carbons (Fsp3) is 0.643. The maximum absolute atomic E-state index is 10.3. The van der Waals surface area contributed by atoms with Gasteiger partial charge in [0.15, 0.2) is 0 Å². The number of aryl methyl sites for hydroxylation is 1. The molecular weight excluding hydrogens is 242 g/mol. The van der Waals surface area contributed by atoms with Crippen LogP contribution in [0.15, 0.2) is 12.4 Å². The second-order valence-corrected chi connectivity index (χ2v) is 4.63. The van der Waals surface area contributed by atoms with Gasteiger partial charge in [-0.05, 0) is 19.3 Å². The maximum Gasteiger partial charge on any atom is 0.303 e. The van der Waals surface area contributed by atoms with Gasteiger partial charge >= 0.3 is 5.97 Å². The van der Waals surface area contributed by atoms with Gasteiger partial charge in [0, 0.05) is 24.7 Å². The molecule has 19 heavy (non-hydrogen) atoms. The van der Waals surface area contributed by atoms with E-state index in [-0.39, 0.29) is 6.42 Å². The fourth-order valence-electron chi connectivity index (χ4n) is 1.86. The van der Waals surface area contributed by atoms with Crippen molar-refractivity contribution in [2.75, 3.05) is 11.9 Å². The van der Waals surface area contributed by atoms with E-state index in [4.69, 9.17) is 5.11 Å². The lowest BCUT2D eigenvalue weighted by molar-refractivity contribution is -0.137. The smallest absolute Gasteiger partial charge is 0.303 e. The molecule has 0 aliphatic carbocycles. The van der Waals surface area contributed by atoms with E-state index in [1.165, 1.54) is 0 Å². The van der Waals surface area contributed by atoms with Crippen LogP contribution in [0.3, 0.4) is 0 Å². The standard InChI is InChI=1S/C14H23N3O2/c1-2-7-12-10-13(17-11-16-12)15-9-6-4-3-5-8-14(18)19/h10-11H,2-9H2,1H3,(H,18,19)(H,15,16,17). The third kappa shape index (κ3) is 7.39. The van der Waals surface area contributed by atoms with Crippen LogP contribution in [-0.4, -0.2) is 27.6 Å². The Hall–Kier alpha value is -1.65. The molecule has 106 valence electrons. The molecule has 1 heterocycles. The first kappa shape index (κ1) is 15.4. The average Bonchev–Trinajstić information content (AvgIpc) is 2.38. The lowest BCUT2D eigenvalue weighted by atomic mass is 10.1. The van der Waals surface area contributed by atoms with Crippen LogP contribution in [0, 0.1) is 0 Å². The predicted octanol–water partition coefficient (Wildman–Crippen LogP) is 2.88. The van der Waals surface area contributed by atoms with E-state index in [9.17, 15) is 4.79 Å². The van der Waals surface area contributed by atoms with Crippen molar-refractivity contribution in [2.45, 2.75) is 51.9 Å². The molecule has 0 atom stereocenters. The van der Waals surface area contributed by atoms with Crippen LogP contribution in [0.5, 0.6) is 0 Å².